The average Bonchev–Trinajstić information content (AvgIpc) is 3.11. The van der Waals surface area contributed by atoms with E-state index in [0.717, 1.165) is 42.1 Å². The number of halogens is 1. The first-order valence-corrected chi connectivity index (χ1v) is 8.44. The largest absolute Gasteiger partial charge is 0.352 e. The zero-order chi connectivity index (χ0) is 16.1. The van der Waals surface area contributed by atoms with E-state index in [1.54, 1.807) is 0 Å². The van der Waals surface area contributed by atoms with Crippen molar-refractivity contribution in [2.75, 3.05) is 19.6 Å². The van der Waals surface area contributed by atoms with E-state index in [2.05, 4.69) is 16.7 Å². The average molecular weight is 329 g/mol. The van der Waals surface area contributed by atoms with Gasteiger partial charge in [-0.1, -0.05) is 41.9 Å². The van der Waals surface area contributed by atoms with Gasteiger partial charge in [0.1, 0.15) is 0 Å². The molecule has 1 heterocycles. The van der Waals surface area contributed by atoms with Crippen LogP contribution >= 0.6 is 11.6 Å². The maximum absolute atomic E-state index is 12.3. The van der Waals surface area contributed by atoms with E-state index >= 15 is 0 Å². The minimum absolute atomic E-state index is 0.0233. The molecule has 0 radical (unpaired) electrons. The summed E-state index contributed by atoms with van der Waals surface area (Å²) in [4.78, 5) is 12.3. The van der Waals surface area contributed by atoms with Gasteiger partial charge in [-0.3, -0.25) is 4.79 Å². The van der Waals surface area contributed by atoms with Crippen LogP contribution in [-0.4, -0.2) is 25.5 Å². The fourth-order valence-electron chi connectivity index (χ4n) is 2.99. The third-order valence-corrected chi connectivity index (χ3v) is 4.69. The molecule has 4 heteroatoms. The fraction of sp³-hybridized carbons (Fsp3) is 0.316. The van der Waals surface area contributed by atoms with Gasteiger partial charge in [0, 0.05) is 23.7 Å². The lowest BCUT2D eigenvalue weighted by atomic mass is 9.96. The molecule has 120 valence electrons. The number of carbonyl (C=O) groups is 1. The number of rotatable bonds is 5. The van der Waals surface area contributed by atoms with Crippen LogP contribution in [0.5, 0.6) is 0 Å². The molecule has 0 unspecified atom stereocenters. The maximum atomic E-state index is 12.3. The van der Waals surface area contributed by atoms with Crippen LogP contribution in [0.25, 0.3) is 0 Å². The van der Waals surface area contributed by atoms with E-state index in [9.17, 15) is 4.79 Å². The van der Waals surface area contributed by atoms with Crippen LogP contribution in [0, 0.1) is 0 Å². The zero-order valence-electron chi connectivity index (χ0n) is 13.0. The van der Waals surface area contributed by atoms with E-state index in [4.69, 9.17) is 11.6 Å². The van der Waals surface area contributed by atoms with Crippen molar-refractivity contribution in [2.45, 2.75) is 18.8 Å². The summed E-state index contributed by atoms with van der Waals surface area (Å²) in [5.41, 5.74) is 3.03. The molecule has 0 spiro atoms. The molecule has 2 aromatic carbocycles. The highest BCUT2D eigenvalue weighted by molar-refractivity contribution is 6.31. The number of hydrogen-bond acceptors (Lipinski definition) is 2. The molecule has 1 aliphatic rings. The predicted molar refractivity (Wildman–Crippen MR) is 94.2 cm³/mol. The molecule has 3 nitrogen and oxygen atoms in total. The lowest BCUT2D eigenvalue weighted by Gasteiger charge is -2.11. The Balaban J connectivity index is 1.58. The maximum Gasteiger partial charge on any atom is 0.251 e. The predicted octanol–water partition coefficient (Wildman–Crippen LogP) is 3.39. The molecule has 2 N–H and O–H groups in total. The molecule has 0 saturated carbocycles. The second kappa shape index (κ2) is 7.62. The first kappa shape index (κ1) is 16.0. The molecule has 1 aliphatic heterocycles. The quantitative estimate of drug-likeness (QED) is 0.883. The molecule has 1 amide bonds. The molecule has 1 saturated heterocycles. The van der Waals surface area contributed by atoms with Crippen molar-refractivity contribution in [3.05, 3.63) is 70.2 Å². The Labute approximate surface area is 142 Å². The van der Waals surface area contributed by atoms with Crippen molar-refractivity contribution in [2.24, 2.45) is 0 Å². The van der Waals surface area contributed by atoms with E-state index in [-0.39, 0.29) is 5.91 Å². The van der Waals surface area contributed by atoms with Crippen molar-refractivity contribution in [3.63, 3.8) is 0 Å². The second-order valence-corrected chi connectivity index (χ2v) is 6.32. The first-order valence-electron chi connectivity index (χ1n) is 8.06. The Hall–Kier alpha value is -1.84. The van der Waals surface area contributed by atoms with Gasteiger partial charge in [-0.15, -0.1) is 0 Å². The minimum Gasteiger partial charge on any atom is -0.352 e. The van der Waals surface area contributed by atoms with Crippen LogP contribution in [0.4, 0.5) is 0 Å². The van der Waals surface area contributed by atoms with Gasteiger partial charge in [-0.25, -0.2) is 0 Å². The van der Waals surface area contributed by atoms with E-state index in [0.29, 0.717) is 12.5 Å². The number of carbonyl (C=O) groups excluding carboxylic acids is 1. The summed E-state index contributed by atoms with van der Waals surface area (Å²) < 4.78 is 0. The van der Waals surface area contributed by atoms with Crippen LogP contribution < -0.4 is 10.6 Å². The lowest BCUT2D eigenvalue weighted by molar-refractivity contribution is 0.0954. The molecule has 3 rings (SSSR count). The van der Waals surface area contributed by atoms with Crippen LogP contribution in [0.2, 0.25) is 5.02 Å². The summed E-state index contributed by atoms with van der Waals surface area (Å²) in [5, 5.41) is 7.09. The Morgan fingerprint density at radius 1 is 1.22 bits per heavy atom. The van der Waals surface area contributed by atoms with Gasteiger partial charge in [0.25, 0.3) is 5.91 Å². The summed E-state index contributed by atoms with van der Waals surface area (Å²) in [6.07, 6.45) is 1.87. The van der Waals surface area contributed by atoms with E-state index in [1.807, 2.05) is 42.5 Å². The highest BCUT2D eigenvalue weighted by Gasteiger charge is 2.17. The van der Waals surface area contributed by atoms with Crippen LogP contribution in [0.3, 0.4) is 0 Å². The highest BCUT2D eigenvalue weighted by atomic mass is 35.5. The second-order valence-electron chi connectivity index (χ2n) is 5.91. The number of amides is 1. The SMILES string of the molecule is O=C(NCCc1ccccc1Cl)c1cccc([C@@H]2CCNC2)c1. The van der Waals surface area contributed by atoms with Crippen molar-refractivity contribution < 1.29 is 4.79 Å². The minimum atomic E-state index is -0.0233. The molecule has 0 aromatic heterocycles. The highest BCUT2D eigenvalue weighted by Crippen LogP contribution is 2.23. The zero-order valence-corrected chi connectivity index (χ0v) is 13.8. The normalized spacial score (nSPS) is 17.2. The van der Waals surface area contributed by atoms with Crippen LogP contribution in [-0.2, 0) is 6.42 Å². The van der Waals surface area contributed by atoms with Gasteiger partial charge in [0.05, 0.1) is 0 Å². The van der Waals surface area contributed by atoms with Gasteiger partial charge in [0.2, 0.25) is 0 Å². The lowest BCUT2D eigenvalue weighted by Crippen LogP contribution is -2.26. The molecule has 1 fully saturated rings. The van der Waals surface area contributed by atoms with Gasteiger partial charge in [-0.05, 0) is 54.6 Å². The van der Waals surface area contributed by atoms with Crippen molar-refractivity contribution >= 4 is 17.5 Å². The summed E-state index contributed by atoms with van der Waals surface area (Å²) in [6, 6.07) is 15.7. The summed E-state index contributed by atoms with van der Waals surface area (Å²) in [5.74, 6) is 0.496. The molecule has 1 atom stereocenters. The van der Waals surface area contributed by atoms with Gasteiger partial charge in [-0.2, -0.15) is 0 Å². The van der Waals surface area contributed by atoms with Crippen molar-refractivity contribution in [3.8, 4) is 0 Å². The Bertz CT molecular complexity index is 681. The van der Waals surface area contributed by atoms with Crippen molar-refractivity contribution in [1.82, 2.24) is 10.6 Å². The van der Waals surface area contributed by atoms with Gasteiger partial charge in [0.15, 0.2) is 0 Å². The molecular formula is C19H21ClN2O. The Kier molecular flexibility index (Phi) is 5.31. The molecule has 0 aliphatic carbocycles. The monoisotopic (exact) mass is 328 g/mol. The van der Waals surface area contributed by atoms with E-state index < -0.39 is 0 Å². The fourth-order valence-corrected chi connectivity index (χ4v) is 3.22. The number of benzene rings is 2. The Morgan fingerprint density at radius 2 is 2.09 bits per heavy atom. The molecular weight excluding hydrogens is 308 g/mol. The molecule has 0 bridgehead atoms. The third-order valence-electron chi connectivity index (χ3n) is 4.32. The smallest absolute Gasteiger partial charge is 0.251 e. The first-order chi connectivity index (χ1) is 11.2. The topological polar surface area (TPSA) is 41.1 Å². The van der Waals surface area contributed by atoms with Gasteiger partial charge < -0.3 is 10.6 Å². The number of hydrogen-bond donors (Lipinski definition) is 2. The standard InChI is InChI=1S/C19H21ClN2O/c20-18-7-2-1-4-14(18)9-11-22-19(23)16-6-3-5-15(12-16)17-8-10-21-13-17/h1-7,12,17,21H,8-11,13H2,(H,22,23)/t17-/m1/s1. The van der Waals surface area contributed by atoms with Crippen molar-refractivity contribution in [1.29, 1.82) is 0 Å². The van der Waals surface area contributed by atoms with Crippen LogP contribution in [0.15, 0.2) is 48.5 Å². The summed E-state index contributed by atoms with van der Waals surface area (Å²) >= 11 is 6.13. The third kappa shape index (κ3) is 4.12. The molecule has 2 aromatic rings. The summed E-state index contributed by atoms with van der Waals surface area (Å²) in [6.45, 7) is 2.63. The number of nitrogens with one attached hydrogen (secondary N) is 2. The van der Waals surface area contributed by atoms with E-state index in [1.165, 1.54) is 5.56 Å². The van der Waals surface area contributed by atoms with Gasteiger partial charge >= 0.3 is 0 Å². The molecule has 23 heavy (non-hydrogen) atoms. The Morgan fingerprint density at radius 3 is 2.87 bits per heavy atom. The summed E-state index contributed by atoms with van der Waals surface area (Å²) in [7, 11) is 0. The van der Waals surface area contributed by atoms with Crippen LogP contribution in [0.1, 0.15) is 33.8 Å².